The van der Waals surface area contributed by atoms with Gasteiger partial charge >= 0.3 is 17.9 Å². The maximum absolute atomic E-state index is 11.9. The minimum atomic E-state index is -0.834. The summed E-state index contributed by atoms with van der Waals surface area (Å²) in [5.74, 6) is -2.90. The number of hydrogen-bond acceptors (Lipinski definition) is 7. The lowest BCUT2D eigenvalue weighted by molar-refractivity contribution is 0.0432. The molecule has 21 heavy (non-hydrogen) atoms. The van der Waals surface area contributed by atoms with Crippen molar-refractivity contribution in [2.45, 2.75) is 27.7 Å². The number of ether oxygens (including phenoxy) is 3. The number of carbonyl (C=O) groups excluding carboxylic acids is 3. The van der Waals surface area contributed by atoms with Gasteiger partial charge in [-0.1, -0.05) is 0 Å². The van der Waals surface area contributed by atoms with Gasteiger partial charge in [-0.25, -0.2) is 14.4 Å². The maximum Gasteiger partial charge on any atom is 0.375 e. The zero-order valence-corrected chi connectivity index (χ0v) is 12.5. The van der Waals surface area contributed by atoms with Crippen molar-refractivity contribution in [3.05, 3.63) is 22.6 Å². The van der Waals surface area contributed by atoms with Crippen LogP contribution in [0.15, 0.2) is 4.42 Å². The molecule has 116 valence electrons. The van der Waals surface area contributed by atoms with E-state index in [1.807, 2.05) is 0 Å². The van der Waals surface area contributed by atoms with Crippen LogP contribution < -0.4 is 0 Å². The van der Waals surface area contributed by atoms with Crippen LogP contribution in [-0.4, -0.2) is 37.7 Å². The predicted octanol–water partition coefficient (Wildman–Crippen LogP) is 2.12. The fourth-order valence-electron chi connectivity index (χ4n) is 1.69. The van der Waals surface area contributed by atoms with Crippen LogP contribution in [0.25, 0.3) is 0 Å². The largest absolute Gasteiger partial charge is 0.462 e. The van der Waals surface area contributed by atoms with Crippen LogP contribution in [0.5, 0.6) is 0 Å². The second-order valence-electron chi connectivity index (χ2n) is 3.92. The molecule has 0 aliphatic rings. The summed E-state index contributed by atoms with van der Waals surface area (Å²) in [5, 5.41) is 0. The fourth-order valence-corrected chi connectivity index (χ4v) is 1.69. The van der Waals surface area contributed by atoms with Crippen LogP contribution in [0, 0.1) is 6.92 Å². The molecule has 0 spiro atoms. The third-order valence-corrected chi connectivity index (χ3v) is 2.55. The standard InChI is InChI=1S/C14H18O7/c1-5-18-12(15)9-8(4)10(13(16)19-6-2)21-11(9)14(17)20-7-3/h5-7H2,1-4H3. The summed E-state index contributed by atoms with van der Waals surface area (Å²) in [7, 11) is 0. The summed E-state index contributed by atoms with van der Waals surface area (Å²) >= 11 is 0. The minimum absolute atomic E-state index is 0.107. The van der Waals surface area contributed by atoms with Crippen LogP contribution in [0.2, 0.25) is 0 Å². The van der Waals surface area contributed by atoms with Gasteiger partial charge in [-0.15, -0.1) is 0 Å². The van der Waals surface area contributed by atoms with Crippen molar-refractivity contribution in [3.8, 4) is 0 Å². The maximum atomic E-state index is 11.9. The van der Waals surface area contributed by atoms with Gasteiger partial charge < -0.3 is 18.6 Å². The van der Waals surface area contributed by atoms with Gasteiger partial charge in [0.1, 0.15) is 5.56 Å². The lowest BCUT2D eigenvalue weighted by Gasteiger charge is -2.03. The average molecular weight is 298 g/mol. The van der Waals surface area contributed by atoms with Gasteiger partial charge in [0.05, 0.1) is 19.8 Å². The Morgan fingerprint density at radius 3 is 1.71 bits per heavy atom. The quantitative estimate of drug-likeness (QED) is 0.586. The van der Waals surface area contributed by atoms with E-state index in [0.717, 1.165) is 0 Å². The molecule has 0 radical (unpaired) electrons. The molecule has 0 bridgehead atoms. The third-order valence-electron chi connectivity index (χ3n) is 2.55. The van der Waals surface area contributed by atoms with Gasteiger partial charge in [0.2, 0.25) is 11.5 Å². The van der Waals surface area contributed by atoms with E-state index >= 15 is 0 Å². The van der Waals surface area contributed by atoms with Crippen molar-refractivity contribution in [2.75, 3.05) is 19.8 Å². The van der Waals surface area contributed by atoms with Crippen LogP contribution in [0.4, 0.5) is 0 Å². The fraction of sp³-hybridized carbons (Fsp3) is 0.500. The predicted molar refractivity (Wildman–Crippen MR) is 71.3 cm³/mol. The van der Waals surface area contributed by atoms with Crippen molar-refractivity contribution in [3.63, 3.8) is 0 Å². The molecule has 0 saturated heterocycles. The summed E-state index contributed by atoms with van der Waals surface area (Å²) in [6.45, 7) is 6.73. The van der Waals surface area contributed by atoms with Crippen LogP contribution in [0.1, 0.15) is 57.8 Å². The molecule has 0 aromatic carbocycles. The smallest absolute Gasteiger partial charge is 0.375 e. The summed E-state index contributed by atoms with van der Waals surface area (Å²) in [6, 6.07) is 0. The Bertz CT molecular complexity index is 542. The number of hydrogen-bond donors (Lipinski definition) is 0. The first-order valence-corrected chi connectivity index (χ1v) is 6.62. The highest BCUT2D eigenvalue weighted by Crippen LogP contribution is 2.25. The highest BCUT2D eigenvalue weighted by Gasteiger charge is 2.32. The Kier molecular flexibility index (Phi) is 5.95. The molecule has 0 aliphatic heterocycles. The van der Waals surface area contributed by atoms with Crippen molar-refractivity contribution in [2.24, 2.45) is 0 Å². The van der Waals surface area contributed by atoms with Gasteiger partial charge in [-0.3, -0.25) is 0 Å². The normalized spacial score (nSPS) is 10.1. The molecule has 1 aromatic rings. The van der Waals surface area contributed by atoms with Crippen molar-refractivity contribution in [1.82, 2.24) is 0 Å². The number of rotatable bonds is 6. The monoisotopic (exact) mass is 298 g/mol. The van der Waals surface area contributed by atoms with Gasteiger partial charge in [0, 0.05) is 5.56 Å². The molecule has 1 heterocycles. The SMILES string of the molecule is CCOC(=O)c1oc(C(=O)OCC)c(C(=O)OCC)c1C. The molecular weight excluding hydrogens is 280 g/mol. The first-order valence-electron chi connectivity index (χ1n) is 6.62. The van der Waals surface area contributed by atoms with E-state index in [1.165, 1.54) is 6.92 Å². The minimum Gasteiger partial charge on any atom is -0.462 e. The molecule has 7 heteroatoms. The van der Waals surface area contributed by atoms with Crippen molar-refractivity contribution >= 4 is 17.9 Å². The van der Waals surface area contributed by atoms with Crippen LogP contribution >= 0.6 is 0 Å². The van der Waals surface area contributed by atoms with Crippen molar-refractivity contribution in [1.29, 1.82) is 0 Å². The Hall–Kier alpha value is -2.31. The second kappa shape index (κ2) is 7.47. The molecule has 0 saturated carbocycles. The van der Waals surface area contributed by atoms with Gasteiger partial charge in [0.25, 0.3) is 0 Å². The Morgan fingerprint density at radius 2 is 1.24 bits per heavy atom. The van der Waals surface area contributed by atoms with E-state index in [1.54, 1.807) is 20.8 Å². The molecule has 0 atom stereocenters. The first-order chi connectivity index (χ1) is 9.97. The summed E-state index contributed by atoms with van der Waals surface area (Å²) in [5.41, 5.74) is 0.0771. The molecule has 1 aromatic heterocycles. The topological polar surface area (TPSA) is 92.0 Å². The second-order valence-corrected chi connectivity index (χ2v) is 3.92. The molecule has 0 N–H and O–H groups in total. The number of furan rings is 1. The molecule has 7 nitrogen and oxygen atoms in total. The molecule has 0 amide bonds. The van der Waals surface area contributed by atoms with Crippen molar-refractivity contribution < 1.29 is 33.0 Å². The number of esters is 3. The summed E-state index contributed by atoms with van der Waals surface area (Å²) in [4.78, 5) is 35.6. The Labute approximate surface area is 122 Å². The van der Waals surface area contributed by atoms with Gasteiger partial charge in [0.15, 0.2) is 0 Å². The zero-order chi connectivity index (χ0) is 16.0. The van der Waals surface area contributed by atoms with Gasteiger partial charge in [-0.2, -0.15) is 0 Å². The highest BCUT2D eigenvalue weighted by atomic mass is 16.6. The lowest BCUT2D eigenvalue weighted by Crippen LogP contribution is -2.13. The van der Waals surface area contributed by atoms with Crippen LogP contribution in [0.3, 0.4) is 0 Å². The lowest BCUT2D eigenvalue weighted by atomic mass is 10.1. The molecule has 0 fully saturated rings. The molecule has 0 unspecified atom stereocenters. The first kappa shape index (κ1) is 16.7. The number of carbonyl (C=O) groups is 3. The van der Waals surface area contributed by atoms with E-state index < -0.39 is 17.9 Å². The molecule has 0 aliphatic carbocycles. The van der Waals surface area contributed by atoms with E-state index in [9.17, 15) is 14.4 Å². The Morgan fingerprint density at radius 1 is 0.810 bits per heavy atom. The molecular formula is C14H18O7. The van der Waals surface area contributed by atoms with Gasteiger partial charge in [-0.05, 0) is 27.7 Å². The zero-order valence-electron chi connectivity index (χ0n) is 12.5. The van der Waals surface area contributed by atoms with E-state index in [4.69, 9.17) is 18.6 Å². The van der Waals surface area contributed by atoms with E-state index in [0.29, 0.717) is 0 Å². The Balaban J connectivity index is 3.33. The van der Waals surface area contributed by atoms with E-state index in [2.05, 4.69) is 0 Å². The van der Waals surface area contributed by atoms with E-state index in [-0.39, 0.29) is 42.5 Å². The molecule has 1 rings (SSSR count). The summed E-state index contributed by atoms with van der Waals surface area (Å²) in [6.07, 6.45) is 0. The third kappa shape index (κ3) is 3.62. The summed E-state index contributed by atoms with van der Waals surface area (Å²) < 4.78 is 19.7. The highest BCUT2D eigenvalue weighted by molar-refractivity contribution is 6.05. The average Bonchev–Trinajstić information content (AvgIpc) is 2.77. The van der Waals surface area contributed by atoms with Crippen LogP contribution in [-0.2, 0) is 14.2 Å².